The van der Waals surface area contributed by atoms with Crippen LogP contribution < -0.4 is 0 Å². The minimum absolute atomic E-state index is 0.553. The first-order chi connectivity index (χ1) is 5.59. The fourth-order valence-electron chi connectivity index (χ4n) is 1.89. The summed E-state index contributed by atoms with van der Waals surface area (Å²) in [6, 6.07) is 0. The predicted molar refractivity (Wildman–Crippen MR) is 52.1 cm³/mol. The molecule has 0 spiro atoms. The van der Waals surface area contributed by atoms with Crippen molar-refractivity contribution in [3.63, 3.8) is 0 Å². The zero-order valence-electron chi connectivity index (χ0n) is 8.84. The Labute approximate surface area is 76.5 Å². The molecule has 0 N–H and O–H groups in total. The van der Waals surface area contributed by atoms with E-state index in [2.05, 4.69) is 27.7 Å². The van der Waals surface area contributed by atoms with Crippen molar-refractivity contribution in [2.45, 2.75) is 46.6 Å². The summed E-state index contributed by atoms with van der Waals surface area (Å²) in [5, 5.41) is 0. The monoisotopic (exact) mass is 170 g/mol. The van der Waals surface area contributed by atoms with E-state index in [-0.39, 0.29) is 0 Å². The topological polar surface area (TPSA) is 9.23 Å². The van der Waals surface area contributed by atoms with Gasteiger partial charge in [0.2, 0.25) is 0 Å². The van der Waals surface area contributed by atoms with Gasteiger partial charge in [-0.2, -0.15) is 0 Å². The lowest BCUT2D eigenvalue weighted by Crippen LogP contribution is -2.10. The third kappa shape index (κ3) is 2.78. The number of rotatable bonds is 3. The van der Waals surface area contributed by atoms with Gasteiger partial charge >= 0.3 is 0 Å². The molecule has 0 unspecified atom stereocenters. The second-order valence-electron chi connectivity index (χ2n) is 4.82. The first-order valence-corrected chi connectivity index (χ1v) is 5.21. The Morgan fingerprint density at radius 2 is 1.92 bits per heavy atom. The molecule has 0 amide bonds. The van der Waals surface area contributed by atoms with Crippen molar-refractivity contribution >= 4 is 0 Å². The Morgan fingerprint density at radius 1 is 1.25 bits per heavy atom. The molecule has 0 aromatic heterocycles. The van der Waals surface area contributed by atoms with Crippen LogP contribution in [0.2, 0.25) is 0 Å². The molecule has 0 saturated carbocycles. The van der Waals surface area contributed by atoms with Crippen molar-refractivity contribution in [3.8, 4) is 0 Å². The molecule has 1 heterocycles. The Kier molecular flexibility index (Phi) is 3.57. The lowest BCUT2D eigenvalue weighted by atomic mass is 9.91. The lowest BCUT2D eigenvalue weighted by molar-refractivity contribution is 0.0884. The first-order valence-electron chi connectivity index (χ1n) is 5.21. The van der Waals surface area contributed by atoms with Gasteiger partial charge in [0.05, 0.1) is 12.7 Å². The number of ether oxygens (including phenoxy) is 1. The van der Waals surface area contributed by atoms with Crippen molar-refractivity contribution in [3.05, 3.63) is 0 Å². The highest BCUT2D eigenvalue weighted by Crippen LogP contribution is 2.29. The van der Waals surface area contributed by atoms with Crippen LogP contribution >= 0.6 is 0 Å². The van der Waals surface area contributed by atoms with Gasteiger partial charge < -0.3 is 4.74 Å². The average molecular weight is 170 g/mol. The second kappa shape index (κ2) is 4.27. The van der Waals surface area contributed by atoms with Gasteiger partial charge in [0.15, 0.2) is 0 Å². The molecule has 1 aliphatic rings. The Balaban J connectivity index is 2.26. The maximum atomic E-state index is 5.74. The van der Waals surface area contributed by atoms with E-state index in [1.807, 2.05) is 0 Å². The first kappa shape index (κ1) is 10.0. The van der Waals surface area contributed by atoms with E-state index in [0.717, 1.165) is 24.4 Å². The van der Waals surface area contributed by atoms with Crippen LogP contribution in [0.25, 0.3) is 0 Å². The van der Waals surface area contributed by atoms with E-state index in [1.165, 1.54) is 12.8 Å². The third-order valence-corrected chi connectivity index (χ3v) is 2.79. The highest BCUT2D eigenvalue weighted by Gasteiger charge is 2.27. The van der Waals surface area contributed by atoms with Crippen molar-refractivity contribution in [1.82, 2.24) is 0 Å². The molecule has 1 rings (SSSR count). The summed E-state index contributed by atoms with van der Waals surface area (Å²) in [5.74, 6) is 2.39. The average Bonchev–Trinajstić information content (AvgIpc) is 2.34. The molecule has 0 aromatic rings. The van der Waals surface area contributed by atoms with Crippen LogP contribution in [-0.4, -0.2) is 12.7 Å². The normalized spacial score (nSPS) is 30.5. The van der Waals surface area contributed by atoms with E-state index in [4.69, 9.17) is 4.74 Å². The Hall–Kier alpha value is -0.0400. The van der Waals surface area contributed by atoms with E-state index in [1.54, 1.807) is 0 Å². The van der Waals surface area contributed by atoms with E-state index >= 15 is 0 Å². The molecular weight excluding hydrogens is 148 g/mol. The molecule has 0 aromatic carbocycles. The Bertz CT molecular complexity index is 129. The largest absolute Gasteiger partial charge is 0.378 e. The smallest absolute Gasteiger partial charge is 0.0581 e. The van der Waals surface area contributed by atoms with Crippen LogP contribution in [0.4, 0.5) is 0 Å². The molecule has 0 bridgehead atoms. The van der Waals surface area contributed by atoms with E-state index in [9.17, 15) is 0 Å². The van der Waals surface area contributed by atoms with Gasteiger partial charge in [0, 0.05) is 0 Å². The summed E-state index contributed by atoms with van der Waals surface area (Å²) < 4.78 is 5.74. The lowest BCUT2D eigenvalue weighted by Gasteiger charge is -2.13. The summed E-state index contributed by atoms with van der Waals surface area (Å²) in [7, 11) is 0. The number of hydrogen-bond donors (Lipinski definition) is 0. The second-order valence-corrected chi connectivity index (χ2v) is 4.82. The summed E-state index contributed by atoms with van der Waals surface area (Å²) in [5.41, 5.74) is 0. The van der Waals surface area contributed by atoms with Gasteiger partial charge in [-0.1, -0.05) is 27.7 Å². The van der Waals surface area contributed by atoms with Crippen molar-refractivity contribution in [2.75, 3.05) is 6.61 Å². The molecule has 1 aliphatic heterocycles. The fourth-order valence-corrected chi connectivity index (χ4v) is 1.89. The molecule has 0 radical (unpaired) electrons. The SMILES string of the molecule is CC(C)C[C@H]1C[C@H](C(C)C)CO1. The zero-order chi connectivity index (χ0) is 9.14. The fraction of sp³-hybridized carbons (Fsp3) is 1.00. The molecule has 12 heavy (non-hydrogen) atoms. The maximum Gasteiger partial charge on any atom is 0.0581 e. The highest BCUT2D eigenvalue weighted by molar-refractivity contribution is 4.76. The van der Waals surface area contributed by atoms with Crippen molar-refractivity contribution in [1.29, 1.82) is 0 Å². The van der Waals surface area contributed by atoms with Crippen molar-refractivity contribution in [2.24, 2.45) is 17.8 Å². The maximum absolute atomic E-state index is 5.74. The molecule has 72 valence electrons. The van der Waals surface area contributed by atoms with Gasteiger partial charge in [-0.15, -0.1) is 0 Å². The summed E-state index contributed by atoms with van der Waals surface area (Å²) in [4.78, 5) is 0. The van der Waals surface area contributed by atoms with Gasteiger partial charge in [-0.3, -0.25) is 0 Å². The quantitative estimate of drug-likeness (QED) is 0.632. The highest BCUT2D eigenvalue weighted by atomic mass is 16.5. The minimum Gasteiger partial charge on any atom is -0.378 e. The van der Waals surface area contributed by atoms with Crippen LogP contribution in [-0.2, 0) is 4.74 Å². The van der Waals surface area contributed by atoms with Gasteiger partial charge in [-0.05, 0) is 30.6 Å². The predicted octanol–water partition coefficient (Wildman–Crippen LogP) is 3.09. The Morgan fingerprint density at radius 3 is 2.33 bits per heavy atom. The summed E-state index contributed by atoms with van der Waals surface area (Å²) in [6.07, 6.45) is 3.08. The van der Waals surface area contributed by atoms with Crippen LogP contribution in [0, 0.1) is 17.8 Å². The van der Waals surface area contributed by atoms with E-state index < -0.39 is 0 Å². The molecule has 0 aliphatic carbocycles. The standard InChI is InChI=1S/C11H22O/c1-8(2)5-11-6-10(7-12-11)9(3)4/h8-11H,5-7H2,1-4H3/t10-,11-/m0/s1. The summed E-state index contributed by atoms with van der Waals surface area (Å²) in [6.45, 7) is 10.1. The molecular formula is C11H22O. The summed E-state index contributed by atoms with van der Waals surface area (Å²) >= 11 is 0. The van der Waals surface area contributed by atoms with Crippen LogP contribution in [0.3, 0.4) is 0 Å². The van der Waals surface area contributed by atoms with Gasteiger partial charge in [-0.25, -0.2) is 0 Å². The molecule has 1 nitrogen and oxygen atoms in total. The molecule has 1 heteroatoms. The molecule has 1 saturated heterocycles. The molecule has 1 fully saturated rings. The van der Waals surface area contributed by atoms with Gasteiger partial charge in [0.1, 0.15) is 0 Å². The minimum atomic E-state index is 0.553. The third-order valence-electron chi connectivity index (χ3n) is 2.79. The van der Waals surface area contributed by atoms with Gasteiger partial charge in [0.25, 0.3) is 0 Å². The number of hydrogen-bond acceptors (Lipinski definition) is 1. The van der Waals surface area contributed by atoms with Crippen LogP contribution in [0.1, 0.15) is 40.5 Å². The van der Waals surface area contributed by atoms with Crippen LogP contribution in [0.5, 0.6) is 0 Å². The zero-order valence-corrected chi connectivity index (χ0v) is 8.84. The van der Waals surface area contributed by atoms with Crippen molar-refractivity contribution < 1.29 is 4.74 Å². The molecule has 2 atom stereocenters. The van der Waals surface area contributed by atoms with E-state index in [0.29, 0.717) is 6.10 Å². The van der Waals surface area contributed by atoms with Crippen LogP contribution in [0.15, 0.2) is 0 Å².